The summed E-state index contributed by atoms with van der Waals surface area (Å²) in [7, 11) is 1.74. The van der Waals surface area contributed by atoms with Crippen LogP contribution in [0.25, 0.3) is 0 Å². The van der Waals surface area contributed by atoms with Crippen LogP contribution in [0, 0.1) is 0 Å². The second-order valence-corrected chi connectivity index (χ2v) is 4.99. The van der Waals surface area contributed by atoms with E-state index in [9.17, 15) is 0 Å². The fourth-order valence-corrected chi connectivity index (χ4v) is 2.55. The lowest BCUT2D eigenvalue weighted by Crippen LogP contribution is -2.01. The Morgan fingerprint density at radius 2 is 2.00 bits per heavy atom. The van der Waals surface area contributed by atoms with E-state index in [1.54, 1.807) is 7.11 Å². The van der Waals surface area contributed by atoms with Crippen molar-refractivity contribution in [3.63, 3.8) is 0 Å². The van der Waals surface area contributed by atoms with Gasteiger partial charge >= 0.3 is 0 Å². The van der Waals surface area contributed by atoms with Gasteiger partial charge in [0.05, 0.1) is 12.8 Å². The van der Waals surface area contributed by atoms with Crippen LogP contribution in [0.2, 0.25) is 0 Å². The van der Waals surface area contributed by atoms with E-state index in [0.717, 1.165) is 11.4 Å². The Balaban J connectivity index is 2.28. The molecule has 1 heterocycles. The summed E-state index contributed by atoms with van der Waals surface area (Å²) in [6, 6.07) is 2.19. The monoisotopic (exact) mass is 219 g/mol. The summed E-state index contributed by atoms with van der Waals surface area (Å²) in [6.45, 7) is 4.31. The Hall–Kier alpha value is -1.05. The van der Waals surface area contributed by atoms with Gasteiger partial charge in [-0.15, -0.1) is 0 Å². The van der Waals surface area contributed by atoms with Gasteiger partial charge in [-0.25, -0.2) is 0 Å². The van der Waals surface area contributed by atoms with Crippen LogP contribution in [0.5, 0.6) is 5.75 Å². The number of ether oxygens (including phenoxy) is 1. The second-order valence-electron chi connectivity index (χ2n) is 4.99. The van der Waals surface area contributed by atoms with E-state index in [4.69, 9.17) is 4.74 Å². The van der Waals surface area contributed by atoms with Gasteiger partial charge in [-0.2, -0.15) is 0 Å². The Bertz CT molecular complexity index is 354. The fourth-order valence-electron chi connectivity index (χ4n) is 2.55. The predicted molar refractivity (Wildman–Crippen MR) is 66.1 cm³/mol. The third-order valence-corrected chi connectivity index (χ3v) is 3.50. The van der Waals surface area contributed by atoms with Crippen molar-refractivity contribution in [3.8, 4) is 5.75 Å². The SMILES string of the molecule is COc1cc(C2CCCC2)cnc1C(C)C. The van der Waals surface area contributed by atoms with E-state index < -0.39 is 0 Å². The van der Waals surface area contributed by atoms with Gasteiger partial charge in [0.2, 0.25) is 0 Å². The molecular formula is C14H21NO. The van der Waals surface area contributed by atoms with Crippen molar-refractivity contribution in [3.05, 3.63) is 23.5 Å². The van der Waals surface area contributed by atoms with Crippen LogP contribution in [0.3, 0.4) is 0 Å². The number of hydrogen-bond acceptors (Lipinski definition) is 2. The van der Waals surface area contributed by atoms with Crippen LogP contribution in [-0.4, -0.2) is 12.1 Å². The molecule has 2 rings (SSSR count). The third-order valence-electron chi connectivity index (χ3n) is 3.50. The van der Waals surface area contributed by atoms with E-state index >= 15 is 0 Å². The van der Waals surface area contributed by atoms with Gasteiger partial charge < -0.3 is 4.74 Å². The first kappa shape index (κ1) is 11.4. The van der Waals surface area contributed by atoms with Gasteiger partial charge in [0.1, 0.15) is 5.75 Å². The molecule has 1 aromatic rings. The lowest BCUT2D eigenvalue weighted by Gasteiger charge is -2.15. The third kappa shape index (κ3) is 2.21. The molecule has 0 aliphatic heterocycles. The van der Waals surface area contributed by atoms with Gasteiger partial charge in [0.25, 0.3) is 0 Å². The molecule has 0 N–H and O–H groups in total. The molecule has 1 aromatic heterocycles. The topological polar surface area (TPSA) is 22.1 Å². The van der Waals surface area contributed by atoms with Gasteiger partial charge in [-0.3, -0.25) is 4.98 Å². The summed E-state index contributed by atoms with van der Waals surface area (Å²) in [5, 5.41) is 0. The van der Waals surface area contributed by atoms with E-state index in [2.05, 4.69) is 24.9 Å². The van der Waals surface area contributed by atoms with Crippen LogP contribution in [0.4, 0.5) is 0 Å². The predicted octanol–water partition coefficient (Wildman–Crippen LogP) is 3.87. The quantitative estimate of drug-likeness (QED) is 0.770. The van der Waals surface area contributed by atoms with E-state index in [0.29, 0.717) is 11.8 Å². The largest absolute Gasteiger partial charge is 0.495 e. The Morgan fingerprint density at radius 3 is 2.56 bits per heavy atom. The smallest absolute Gasteiger partial charge is 0.140 e. The first-order valence-corrected chi connectivity index (χ1v) is 6.26. The minimum atomic E-state index is 0.424. The minimum absolute atomic E-state index is 0.424. The highest BCUT2D eigenvalue weighted by Gasteiger charge is 2.19. The zero-order chi connectivity index (χ0) is 11.5. The van der Waals surface area contributed by atoms with Crippen molar-refractivity contribution in [2.24, 2.45) is 0 Å². The average molecular weight is 219 g/mol. The van der Waals surface area contributed by atoms with Crippen LogP contribution in [-0.2, 0) is 0 Å². The molecule has 0 unspecified atom stereocenters. The van der Waals surface area contributed by atoms with E-state index in [-0.39, 0.29) is 0 Å². The molecule has 1 fully saturated rings. The van der Waals surface area contributed by atoms with Crippen LogP contribution in [0.1, 0.15) is 62.6 Å². The summed E-state index contributed by atoms with van der Waals surface area (Å²) < 4.78 is 5.44. The van der Waals surface area contributed by atoms with Crippen molar-refractivity contribution in [1.82, 2.24) is 4.98 Å². The summed E-state index contributed by atoms with van der Waals surface area (Å²) >= 11 is 0. The highest BCUT2D eigenvalue weighted by atomic mass is 16.5. The lowest BCUT2D eigenvalue weighted by atomic mass is 9.98. The highest BCUT2D eigenvalue weighted by molar-refractivity contribution is 5.35. The van der Waals surface area contributed by atoms with Gasteiger partial charge in [0, 0.05) is 6.20 Å². The number of aromatic nitrogens is 1. The molecule has 88 valence electrons. The normalized spacial score (nSPS) is 17.0. The van der Waals surface area contributed by atoms with Crippen molar-refractivity contribution in [1.29, 1.82) is 0 Å². The summed E-state index contributed by atoms with van der Waals surface area (Å²) in [5.74, 6) is 2.09. The molecule has 1 aliphatic carbocycles. The molecule has 0 amide bonds. The Labute approximate surface area is 98.0 Å². The zero-order valence-electron chi connectivity index (χ0n) is 10.5. The van der Waals surface area contributed by atoms with Crippen molar-refractivity contribution in [2.45, 2.75) is 51.4 Å². The Kier molecular flexibility index (Phi) is 3.47. The van der Waals surface area contributed by atoms with Crippen molar-refractivity contribution >= 4 is 0 Å². The first-order chi connectivity index (χ1) is 7.72. The molecule has 2 heteroatoms. The Morgan fingerprint density at radius 1 is 1.31 bits per heavy atom. The molecule has 0 spiro atoms. The second kappa shape index (κ2) is 4.86. The van der Waals surface area contributed by atoms with Gasteiger partial charge in [-0.05, 0) is 36.3 Å². The molecule has 0 bridgehead atoms. The number of pyridine rings is 1. The molecular weight excluding hydrogens is 198 g/mol. The van der Waals surface area contributed by atoms with E-state index in [1.165, 1.54) is 31.2 Å². The number of rotatable bonds is 3. The molecule has 0 atom stereocenters. The average Bonchev–Trinajstić information content (AvgIpc) is 2.81. The first-order valence-electron chi connectivity index (χ1n) is 6.26. The number of nitrogens with zero attached hydrogens (tertiary/aromatic N) is 1. The fraction of sp³-hybridized carbons (Fsp3) is 0.643. The molecule has 0 saturated heterocycles. The maximum atomic E-state index is 5.44. The summed E-state index contributed by atoms with van der Waals surface area (Å²) in [4.78, 5) is 4.57. The van der Waals surface area contributed by atoms with Crippen molar-refractivity contribution < 1.29 is 4.74 Å². The molecule has 16 heavy (non-hydrogen) atoms. The highest BCUT2D eigenvalue weighted by Crippen LogP contribution is 2.36. The number of methoxy groups -OCH3 is 1. The molecule has 0 aromatic carbocycles. The number of hydrogen-bond donors (Lipinski definition) is 0. The van der Waals surface area contributed by atoms with Crippen LogP contribution in [0.15, 0.2) is 12.3 Å². The molecule has 0 radical (unpaired) electrons. The lowest BCUT2D eigenvalue weighted by molar-refractivity contribution is 0.403. The van der Waals surface area contributed by atoms with Gasteiger partial charge in [-0.1, -0.05) is 26.7 Å². The minimum Gasteiger partial charge on any atom is -0.495 e. The molecule has 1 saturated carbocycles. The van der Waals surface area contributed by atoms with Crippen LogP contribution < -0.4 is 4.74 Å². The summed E-state index contributed by atoms with van der Waals surface area (Å²) in [6.07, 6.45) is 7.39. The van der Waals surface area contributed by atoms with Gasteiger partial charge in [0.15, 0.2) is 0 Å². The maximum absolute atomic E-state index is 5.44. The maximum Gasteiger partial charge on any atom is 0.140 e. The zero-order valence-corrected chi connectivity index (χ0v) is 10.5. The molecule has 2 nitrogen and oxygen atoms in total. The molecule has 1 aliphatic rings. The standard InChI is InChI=1S/C14H21NO/c1-10(2)14-13(16-3)8-12(9-15-14)11-6-4-5-7-11/h8-11H,4-7H2,1-3H3. The summed E-state index contributed by atoms with van der Waals surface area (Å²) in [5.41, 5.74) is 2.43. The van der Waals surface area contributed by atoms with Crippen LogP contribution >= 0.6 is 0 Å². The van der Waals surface area contributed by atoms with Crippen molar-refractivity contribution in [2.75, 3.05) is 7.11 Å². The van der Waals surface area contributed by atoms with E-state index in [1.807, 2.05) is 6.20 Å².